The first kappa shape index (κ1) is 35.1. The summed E-state index contributed by atoms with van der Waals surface area (Å²) in [6, 6.07) is 9.71. The average molecular weight is 707 g/mol. The highest BCUT2D eigenvalue weighted by Crippen LogP contribution is 2.65. The number of carbonyl (C=O) groups is 2. The van der Waals surface area contributed by atoms with Crippen LogP contribution >= 0.6 is 0 Å². The second kappa shape index (κ2) is 12.7. The average Bonchev–Trinajstić information content (AvgIpc) is 3.78. The molecule has 4 saturated carbocycles. The summed E-state index contributed by atoms with van der Waals surface area (Å²) in [7, 11) is 0. The van der Waals surface area contributed by atoms with E-state index >= 15 is 0 Å². The first-order valence-corrected chi connectivity index (χ1v) is 17.8. The van der Waals surface area contributed by atoms with Crippen molar-refractivity contribution in [1.29, 1.82) is 0 Å². The number of nitrogens with zero attached hydrogens (tertiary/aromatic N) is 1. The number of nitrogens with one attached hydrogen (secondary N) is 1. The Morgan fingerprint density at radius 1 is 0.820 bits per heavy atom. The molecule has 50 heavy (non-hydrogen) atoms. The van der Waals surface area contributed by atoms with Gasteiger partial charge in [-0.15, -0.1) is 26.3 Å². The minimum Gasteiger partial charge on any atom is -0.406 e. The molecule has 272 valence electrons. The number of amides is 1. The van der Waals surface area contributed by atoms with Gasteiger partial charge < -0.3 is 14.8 Å². The summed E-state index contributed by atoms with van der Waals surface area (Å²) in [6.07, 6.45) is -1.63. The van der Waals surface area contributed by atoms with Gasteiger partial charge in [0.25, 0.3) is 0 Å². The van der Waals surface area contributed by atoms with Crippen molar-refractivity contribution in [2.75, 3.05) is 13.1 Å². The van der Waals surface area contributed by atoms with Crippen molar-refractivity contribution in [2.45, 2.75) is 96.4 Å². The van der Waals surface area contributed by atoms with Gasteiger partial charge in [0.2, 0.25) is 5.91 Å². The highest BCUT2D eigenvalue weighted by Gasteiger charge is 2.63. The van der Waals surface area contributed by atoms with Crippen LogP contribution in [0.25, 0.3) is 0 Å². The smallest absolute Gasteiger partial charge is 0.406 e. The van der Waals surface area contributed by atoms with Crippen LogP contribution < -0.4 is 14.8 Å². The Labute approximate surface area is 288 Å². The van der Waals surface area contributed by atoms with Gasteiger partial charge in [0.15, 0.2) is 0 Å². The molecule has 2 aromatic carbocycles. The van der Waals surface area contributed by atoms with Crippen LogP contribution in [0.4, 0.5) is 26.3 Å². The lowest BCUT2D eigenvalue weighted by Crippen LogP contribution is -2.65. The first-order chi connectivity index (χ1) is 23.5. The van der Waals surface area contributed by atoms with Crippen molar-refractivity contribution in [1.82, 2.24) is 10.2 Å². The van der Waals surface area contributed by atoms with Crippen LogP contribution in [0.3, 0.4) is 0 Å². The van der Waals surface area contributed by atoms with Gasteiger partial charge in [-0.05, 0) is 115 Å². The Kier molecular flexibility index (Phi) is 8.95. The van der Waals surface area contributed by atoms with Crippen molar-refractivity contribution in [3.05, 3.63) is 59.7 Å². The van der Waals surface area contributed by atoms with E-state index in [-0.39, 0.29) is 28.7 Å². The first-order valence-electron chi connectivity index (χ1n) is 17.8. The minimum atomic E-state index is -4.88. The molecule has 1 N–H and O–H groups in total. The highest BCUT2D eigenvalue weighted by molar-refractivity contribution is 5.81. The molecule has 1 aliphatic heterocycles. The Morgan fingerprint density at radius 2 is 1.38 bits per heavy atom. The summed E-state index contributed by atoms with van der Waals surface area (Å²) in [5.74, 6) is 0.945. The molecule has 1 amide bonds. The lowest BCUT2D eigenvalue weighted by Gasteiger charge is -2.63. The van der Waals surface area contributed by atoms with Gasteiger partial charge in [0.05, 0.1) is 6.04 Å². The topological polar surface area (TPSA) is 67.9 Å². The predicted octanol–water partition coefficient (Wildman–Crippen LogP) is 8.60. The maximum atomic E-state index is 14.4. The summed E-state index contributed by atoms with van der Waals surface area (Å²) in [4.78, 5) is 29.7. The van der Waals surface area contributed by atoms with Crippen LogP contribution in [-0.2, 0) is 9.59 Å². The van der Waals surface area contributed by atoms with Crippen LogP contribution in [0.15, 0.2) is 48.5 Å². The molecular weight excluding hydrogens is 662 g/mol. The number of benzene rings is 2. The van der Waals surface area contributed by atoms with E-state index in [1.165, 1.54) is 37.1 Å². The Morgan fingerprint density at radius 3 is 1.92 bits per heavy atom. The van der Waals surface area contributed by atoms with Crippen molar-refractivity contribution in [2.24, 2.45) is 40.4 Å². The number of piperidine rings is 1. The Balaban J connectivity index is 1.14. The monoisotopic (exact) mass is 706 g/mol. The molecule has 2 aromatic rings. The SMILES string of the molecule is C[C@]12CCC3C(CN(CC4CC4)C4CC(=O)CC[C@]34C)C1CCC2C(=O)NC(c1ccc(OC(F)(F)F)cc1)c1ccc(OC(F)(F)F)cc1. The number of ketones is 1. The number of ether oxygens (including phenoxy) is 2. The summed E-state index contributed by atoms with van der Waals surface area (Å²) in [5, 5.41) is 3.15. The maximum Gasteiger partial charge on any atom is 0.573 e. The second-order valence-corrected chi connectivity index (χ2v) is 15.9. The number of likely N-dealkylation sites (tertiary alicyclic amines) is 1. The van der Waals surface area contributed by atoms with E-state index in [1.807, 2.05) is 0 Å². The van der Waals surface area contributed by atoms with Gasteiger partial charge in [-0.25, -0.2) is 0 Å². The van der Waals surface area contributed by atoms with E-state index in [4.69, 9.17) is 0 Å². The Bertz CT molecular complexity index is 1520. The molecule has 0 spiro atoms. The molecule has 1 heterocycles. The van der Waals surface area contributed by atoms with Gasteiger partial charge in [-0.2, -0.15) is 0 Å². The molecule has 5 fully saturated rings. The molecule has 7 rings (SSSR count). The fourth-order valence-electron chi connectivity index (χ4n) is 10.5. The van der Waals surface area contributed by atoms with Crippen LogP contribution in [0.1, 0.15) is 88.8 Å². The van der Waals surface area contributed by atoms with Crippen LogP contribution in [-0.4, -0.2) is 48.4 Å². The van der Waals surface area contributed by atoms with Crippen molar-refractivity contribution >= 4 is 11.7 Å². The van der Waals surface area contributed by atoms with E-state index < -0.39 is 30.3 Å². The third-order valence-corrected chi connectivity index (χ3v) is 13.0. The normalized spacial score (nSPS) is 33.0. The van der Waals surface area contributed by atoms with Gasteiger partial charge in [-0.3, -0.25) is 14.5 Å². The third-order valence-electron chi connectivity index (χ3n) is 13.0. The van der Waals surface area contributed by atoms with Gasteiger partial charge in [0, 0.05) is 37.9 Å². The molecule has 5 unspecified atom stereocenters. The molecular formula is C38H44F6N2O4. The number of Topliss-reactive ketones (excluding diaryl/α,β-unsaturated/α-hetero) is 1. The zero-order valence-corrected chi connectivity index (χ0v) is 28.3. The van der Waals surface area contributed by atoms with E-state index in [0.717, 1.165) is 63.0 Å². The predicted molar refractivity (Wildman–Crippen MR) is 172 cm³/mol. The van der Waals surface area contributed by atoms with E-state index in [9.17, 15) is 35.9 Å². The summed E-state index contributed by atoms with van der Waals surface area (Å²) in [5.41, 5.74) is 0.690. The summed E-state index contributed by atoms with van der Waals surface area (Å²) in [6.45, 7) is 6.62. The fraction of sp³-hybridized carbons (Fsp3) is 0.632. The van der Waals surface area contributed by atoms with Crippen molar-refractivity contribution in [3.63, 3.8) is 0 Å². The van der Waals surface area contributed by atoms with Crippen LogP contribution in [0.5, 0.6) is 11.5 Å². The number of fused-ring (bicyclic) bond motifs is 5. The number of alkyl halides is 6. The quantitative estimate of drug-likeness (QED) is 0.279. The number of hydrogen-bond donors (Lipinski definition) is 1. The van der Waals surface area contributed by atoms with E-state index in [2.05, 4.69) is 33.5 Å². The minimum absolute atomic E-state index is 0.0580. The molecule has 0 bridgehead atoms. The fourth-order valence-corrected chi connectivity index (χ4v) is 10.5. The standard InChI is InChI=1S/C38H44F6N2O4/c1-35-18-16-30-28(21-46(20-22-3-4-22)32-19-25(47)15-17-36(30,32)2)29(35)13-14-31(35)34(48)45-33(23-5-9-26(10-6-23)49-37(39,40)41)24-7-11-27(12-8-24)50-38(42,43)44/h5-12,22,28-33H,3-4,13-21H2,1-2H3,(H,45,48)/t28?,29?,30?,31?,32?,35-,36+/m0/s1. The molecule has 0 radical (unpaired) electrons. The lowest BCUT2D eigenvalue weighted by molar-refractivity contribution is -0.275. The molecule has 1 saturated heterocycles. The van der Waals surface area contributed by atoms with E-state index in [0.29, 0.717) is 59.8 Å². The number of halogens is 6. The molecule has 7 atom stereocenters. The molecule has 4 aliphatic carbocycles. The number of rotatable bonds is 8. The lowest BCUT2D eigenvalue weighted by atomic mass is 9.48. The number of carbonyl (C=O) groups excluding carboxylic acids is 2. The number of hydrogen-bond acceptors (Lipinski definition) is 5. The van der Waals surface area contributed by atoms with E-state index in [1.54, 1.807) is 0 Å². The summed E-state index contributed by atoms with van der Waals surface area (Å²) >= 11 is 0. The Hall–Kier alpha value is -3.28. The largest absolute Gasteiger partial charge is 0.573 e. The second-order valence-electron chi connectivity index (χ2n) is 15.9. The zero-order valence-electron chi connectivity index (χ0n) is 28.3. The molecule has 5 aliphatic rings. The summed E-state index contributed by atoms with van der Waals surface area (Å²) < 4.78 is 85.2. The van der Waals surface area contributed by atoms with Crippen molar-refractivity contribution in [3.8, 4) is 11.5 Å². The van der Waals surface area contributed by atoms with Crippen LogP contribution in [0, 0.1) is 40.4 Å². The van der Waals surface area contributed by atoms with Crippen LogP contribution in [0.2, 0.25) is 0 Å². The zero-order chi connectivity index (χ0) is 35.6. The van der Waals surface area contributed by atoms with Gasteiger partial charge >= 0.3 is 12.7 Å². The maximum absolute atomic E-state index is 14.4. The van der Waals surface area contributed by atoms with Crippen molar-refractivity contribution < 1.29 is 45.4 Å². The molecule has 6 nitrogen and oxygen atoms in total. The highest BCUT2D eigenvalue weighted by atomic mass is 19.4. The molecule has 0 aromatic heterocycles. The van der Waals surface area contributed by atoms with Gasteiger partial charge in [-0.1, -0.05) is 38.1 Å². The van der Waals surface area contributed by atoms with Gasteiger partial charge in [0.1, 0.15) is 17.3 Å². The third kappa shape index (κ3) is 6.97. The molecule has 12 heteroatoms.